The van der Waals surface area contributed by atoms with Crippen LogP contribution in [0.3, 0.4) is 0 Å². The van der Waals surface area contributed by atoms with Gasteiger partial charge in [0.2, 0.25) is 5.91 Å². The van der Waals surface area contributed by atoms with Crippen molar-refractivity contribution in [3.63, 3.8) is 0 Å². The molecule has 3 aromatic rings. The van der Waals surface area contributed by atoms with Gasteiger partial charge >= 0.3 is 0 Å². The number of H-pyrrole nitrogens is 1. The molecule has 0 bridgehead atoms. The van der Waals surface area contributed by atoms with E-state index in [-0.39, 0.29) is 11.3 Å². The number of amides is 1. The van der Waals surface area contributed by atoms with Crippen molar-refractivity contribution in [1.29, 1.82) is 0 Å². The lowest BCUT2D eigenvalue weighted by Gasteiger charge is -2.17. The predicted octanol–water partition coefficient (Wildman–Crippen LogP) is 5.41. The number of hydrogen-bond acceptors (Lipinski definition) is 2. The Morgan fingerprint density at radius 3 is 2.67 bits per heavy atom. The van der Waals surface area contributed by atoms with Gasteiger partial charge in [0.25, 0.3) is 0 Å². The summed E-state index contributed by atoms with van der Waals surface area (Å²) in [6.45, 7) is 6.46. The first-order valence-corrected chi connectivity index (χ1v) is 9.46. The van der Waals surface area contributed by atoms with Gasteiger partial charge in [0.1, 0.15) is 0 Å². The monoisotopic (exact) mass is 359 g/mol. The average molecular weight is 359 g/mol. The second kappa shape index (κ2) is 6.69. The number of fused-ring (bicyclic) bond motifs is 3. The lowest BCUT2D eigenvalue weighted by molar-refractivity contribution is -0.116. The van der Waals surface area contributed by atoms with E-state index in [2.05, 4.69) is 60.6 Å². The molecule has 0 saturated heterocycles. The van der Waals surface area contributed by atoms with Crippen molar-refractivity contribution in [3.8, 4) is 22.5 Å². The molecule has 138 valence electrons. The maximum atomic E-state index is 12.2. The Morgan fingerprint density at radius 1 is 1.15 bits per heavy atom. The van der Waals surface area contributed by atoms with E-state index in [0.29, 0.717) is 6.42 Å². The van der Waals surface area contributed by atoms with Crippen LogP contribution >= 0.6 is 0 Å². The highest BCUT2D eigenvalue weighted by molar-refractivity contribution is 5.92. The zero-order chi connectivity index (χ0) is 19.0. The summed E-state index contributed by atoms with van der Waals surface area (Å²) < 4.78 is 0. The van der Waals surface area contributed by atoms with Crippen LogP contribution in [-0.4, -0.2) is 16.1 Å². The first kappa shape index (κ1) is 17.5. The zero-order valence-corrected chi connectivity index (χ0v) is 16.1. The molecule has 1 amide bonds. The number of anilines is 1. The van der Waals surface area contributed by atoms with E-state index in [1.54, 1.807) is 0 Å². The van der Waals surface area contributed by atoms with Crippen LogP contribution in [-0.2, 0) is 11.2 Å². The van der Waals surface area contributed by atoms with Gasteiger partial charge in [0, 0.05) is 35.2 Å². The first-order chi connectivity index (χ1) is 12.9. The van der Waals surface area contributed by atoms with Crippen LogP contribution in [0, 0.1) is 5.41 Å². The maximum absolute atomic E-state index is 12.2. The van der Waals surface area contributed by atoms with E-state index in [1.807, 2.05) is 24.3 Å². The summed E-state index contributed by atoms with van der Waals surface area (Å²) in [6.07, 6.45) is 2.25. The van der Waals surface area contributed by atoms with E-state index in [0.717, 1.165) is 35.5 Å². The van der Waals surface area contributed by atoms with E-state index >= 15 is 0 Å². The van der Waals surface area contributed by atoms with Gasteiger partial charge in [-0.3, -0.25) is 9.89 Å². The molecule has 27 heavy (non-hydrogen) atoms. The minimum absolute atomic E-state index is 0.0769. The average Bonchev–Trinajstić information content (AvgIpc) is 3.19. The molecule has 0 fully saturated rings. The summed E-state index contributed by atoms with van der Waals surface area (Å²) in [7, 11) is 0. The Kier molecular flexibility index (Phi) is 4.34. The molecular formula is C23H25N3O. The van der Waals surface area contributed by atoms with Crippen LogP contribution in [0.5, 0.6) is 0 Å². The van der Waals surface area contributed by atoms with Gasteiger partial charge in [-0.05, 0) is 29.5 Å². The molecule has 4 heteroatoms. The Labute approximate surface area is 160 Å². The van der Waals surface area contributed by atoms with E-state index in [1.165, 1.54) is 16.7 Å². The lowest BCUT2D eigenvalue weighted by atomic mass is 9.90. The van der Waals surface area contributed by atoms with Crippen molar-refractivity contribution in [3.05, 3.63) is 59.7 Å². The SMILES string of the molecule is CC(C)(C)CCC(=O)Nc1ccc2c(c1)Cc1c(-c3ccccc3)n[nH]c1-2. The normalized spacial score (nSPS) is 12.6. The Balaban J connectivity index is 1.52. The van der Waals surface area contributed by atoms with Gasteiger partial charge in [0.15, 0.2) is 0 Å². The third-order valence-electron chi connectivity index (χ3n) is 5.04. The third-order valence-corrected chi connectivity index (χ3v) is 5.04. The molecule has 2 aromatic carbocycles. The van der Waals surface area contributed by atoms with Gasteiger partial charge < -0.3 is 5.32 Å². The third kappa shape index (κ3) is 3.65. The van der Waals surface area contributed by atoms with Gasteiger partial charge in [-0.2, -0.15) is 5.10 Å². The van der Waals surface area contributed by atoms with Crippen molar-refractivity contribution >= 4 is 11.6 Å². The van der Waals surface area contributed by atoms with Crippen LogP contribution < -0.4 is 5.32 Å². The van der Waals surface area contributed by atoms with Crippen LogP contribution in [0.2, 0.25) is 0 Å². The Bertz CT molecular complexity index is 981. The van der Waals surface area contributed by atoms with Crippen LogP contribution in [0.15, 0.2) is 48.5 Å². The van der Waals surface area contributed by atoms with Crippen molar-refractivity contribution in [2.24, 2.45) is 5.41 Å². The zero-order valence-electron chi connectivity index (χ0n) is 16.1. The molecule has 1 aliphatic rings. The number of aromatic nitrogens is 2. The minimum atomic E-state index is 0.0769. The topological polar surface area (TPSA) is 57.8 Å². The number of carbonyl (C=O) groups excluding carboxylic acids is 1. The number of aromatic amines is 1. The molecule has 0 spiro atoms. The summed E-state index contributed by atoms with van der Waals surface area (Å²) >= 11 is 0. The lowest BCUT2D eigenvalue weighted by Crippen LogP contribution is -2.15. The summed E-state index contributed by atoms with van der Waals surface area (Å²) in [4.78, 5) is 12.2. The van der Waals surface area contributed by atoms with Gasteiger partial charge in [0.05, 0.1) is 11.4 Å². The van der Waals surface area contributed by atoms with E-state index in [9.17, 15) is 4.79 Å². The summed E-state index contributed by atoms with van der Waals surface area (Å²) in [5.74, 6) is 0.0769. The highest BCUT2D eigenvalue weighted by Gasteiger charge is 2.25. The summed E-state index contributed by atoms with van der Waals surface area (Å²) in [5, 5.41) is 10.8. The van der Waals surface area contributed by atoms with Crippen LogP contribution in [0.25, 0.3) is 22.5 Å². The highest BCUT2D eigenvalue weighted by Crippen LogP contribution is 2.40. The molecule has 0 aliphatic heterocycles. The molecule has 0 unspecified atom stereocenters. The van der Waals surface area contributed by atoms with Crippen LogP contribution in [0.4, 0.5) is 5.69 Å². The predicted molar refractivity (Wildman–Crippen MR) is 110 cm³/mol. The number of carbonyl (C=O) groups is 1. The van der Waals surface area contributed by atoms with Gasteiger partial charge in [-0.25, -0.2) is 0 Å². The van der Waals surface area contributed by atoms with Crippen molar-refractivity contribution in [2.45, 2.75) is 40.0 Å². The number of hydrogen-bond donors (Lipinski definition) is 2. The molecular weight excluding hydrogens is 334 g/mol. The standard InChI is InChI=1S/C23H25N3O/c1-23(2,3)12-11-20(27)24-17-9-10-18-16(13-17)14-19-21(25-26-22(18)19)15-7-5-4-6-8-15/h4-10,13H,11-12,14H2,1-3H3,(H,24,27)(H,25,26). The number of rotatable bonds is 4. The second-order valence-corrected chi connectivity index (χ2v) is 8.45. The van der Waals surface area contributed by atoms with Gasteiger partial charge in [-0.1, -0.05) is 57.2 Å². The largest absolute Gasteiger partial charge is 0.326 e. The minimum Gasteiger partial charge on any atom is -0.326 e. The number of nitrogens with one attached hydrogen (secondary N) is 2. The molecule has 4 nitrogen and oxygen atoms in total. The smallest absolute Gasteiger partial charge is 0.224 e. The van der Waals surface area contributed by atoms with E-state index in [4.69, 9.17) is 0 Å². The van der Waals surface area contributed by atoms with Crippen molar-refractivity contribution in [1.82, 2.24) is 10.2 Å². The maximum Gasteiger partial charge on any atom is 0.224 e. The number of benzene rings is 2. The van der Waals surface area contributed by atoms with E-state index < -0.39 is 0 Å². The fourth-order valence-electron chi connectivity index (χ4n) is 3.56. The quantitative estimate of drug-likeness (QED) is 0.512. The second-order valence-electron chi connectivity index (χ2n) is 8.45. The Hall–Kier alpha value is -2.88. The molecule has 1 aliphatic carbocycles. The van der Waals surface area contributed by atoms with Crippen molar-refractivity contribution in [2.75, 3.05) is 5.32 Å². The first-order valence-electron chi connectivity index (χ1n) is 9.46. The molecule has 1 heterocycles. The molecule has 0 radical (unpaired) electrons. The molecule has 1 aromatic heterocycles. The molecule has 4 rings (SSSR count). The van der Waals surface area contributed by atoms with Crippen LogP contribution in [0.1, 0.15) is 44.7 Å². The van der Waals surface area contributed by atoms with Crippen molar-refractivity contribution < 1.29 is 4.79 Å². The molecule has 0 saturated carbocycles. The molecule has 0 atom stereocenters. The van der Waals surface area contributed by atoms with Gasteiger partial charge in [-0.15, -0.1) is 0 Å². The fraction of sp³-hybridized carbons (Fsp3) is 0.304. The number of nitrogens with zero attached hydrogens (tertiary/aromatic N) is 1. The fourth-order valence-corrected chi connectivity index (χ4v) is 3.56. The summed E-state index contributed by atoms with van der Waals surface area (Å²) in [6, 6.07) is 16.4. The molecule has 2 N–H and O–H groups in total. The Morgan fingerprint density at radius 2 is 1.93 bits per heavy atom. The summed E-state index contributed by atoms with van der Waals surface area (Å²) in [5.41, 5.74) is 7.89. The highest BCUT2D eigenvalue weighted by atomic mass is 16.1.